The molecule has 3 aromatic rings. The number of nitrogens with zero attached hydrogens (tertiary/aromatic N) is 4. The Kier molecular flexibility index (Phi) is 6.08. The third-order valence-corrected chi connectivity index (χ3v) is 8.46. The van der Waals surface area contributed by atoms with Crippen LogP contribution in [0.4, 0.5) is 8.78 Å². The van der Waals surface area contributed by atoms with E-state index in [-0.39, 0.29) is 32.1 Å². The number of carbonyl (C=O) groups excluding carboxylic acids is 1. The van der Waals surface area contributed by atoms with Crippen LogP contribution in [0.25, 0.3) is 10.2 Å². The highest BCUT2D eigenvalue weighted by atomic mass is 32.2. The molecule has 1 amide bonds. The van der Waals surface area contributed by atoms with Gasteiger partial charge in [-0.3, -0.25) is 9.48 Å². The molecule has 32 heavy (non-hydrogen) atoms. The number of hydrogen-bond donors (Lipinski definition) is 0. The van der Waals surface area contributed by atoms with Crippen molar-refractivity contribution in [2.24, 2.45) is 5.92 Å². The number of halogens is 2. The van der Waals surface area contributed by atoms with E-state index in [1.165, 1.54) is 11.3 Å². The second-order valence-corrected chi connectivity index (χ2v) is 11.2. The smallest absolute Gasteiger partial charge is 0.264 e. The predicted molar refractivity (Wildman–Crippen MR) is 118 cm³/mol. The van der Waals surface area contributed by atoms with E-state index in [1.807, 2.05) is 17.7 Å². The minimum absolute atomic E-state index is 0.0376. The van der Waals surface area contributed by atoms with Gasteiger partial charge < -0.3 is 4.90 Å². The monoisotopic (exact) mass is 482 g/mol. The number of rotatable bonds is 5. The Hall–Kier alpha value is -2.37. The van der Waals surface area contributed by atoms with Gasteiger partial charge in [0.05, 0.1) is 10.6 Å². The quantitative estimate of drug-likeness (QED) is 0.558. The second kappa shape index (κ2) is 8.53. The molecular formula is C21H24F2N4O3S2. The average molecular weight is 483 g/mol. The molecule has 0 bridgehead atoms. The van der Waals surface area contributed by atoms with Gasteiger partial charge in [-0.2, -0.15) is 9.40 Å². The first-order valence-electron chi connectivity index (χ1n) is 10.3. The number of aromatic nitrogens is 2. The van der Waals surface area contributed by atoms with Crippen LogP contribution >= 0.6 is 11.3 Å². The van der Waals surface area contributed by atoms with Crippen LogP contribution in [0.2, 0.25) is 0 Å². The number of thiophene rings is 1. The van der Waals surface area contributed by atoms with Crippen molar-refractivity contribution >= 4 is 37.5 Å². The highest BCUT2D eigenvalue weighted by Gasteiger charge is 2.33. The standard InChI is InChI=1S/C21H24F2N4O3S2/c1-13(2)12-27-21-16(14(3)24-27)11-18(31-21)20(28)25-6-8-26(9-7-25)32(29,30)19-5-4-15(22)10-17(19)23/h4-5,10-11,13H,6-9,12H2,1-3H3. The van der Waals surface area contributed by atoms with E-state index in [0.29, 0.717) is 16.9 Å². The molecule has 3 heterocycles. The maximum absolute atomic E-state index is 14.0. The molecule has 1 saturated heterocycles. The summed E-state index contributed by atoms with van der Waals surface area (Å²) in [6, 6.07) is 4.24. The summed E-state index contributed by atoms with van der Waals surface area (Å²) in [5.74, 6) is -1.71. The summed E-state index contributed by atoms with van der Waals surface area (Å²) in [7, 11) is -4.11. The molecule has 1 fully saturated rings. The number of aryl methyl sites for hydroxylation is 1. The Balaban J connectivity index is 1.49. The Labute approximate surface area is 189 Å². The maximum Gasteiger partial charge on any atom is 0.264 e. The van der Waals surface area contributed by atoms with Crippen molar-refractivity contribution in [2.75, 3.05) is 26.2 Å². The van der Waals surface area contributed by atoms with Gasteiger partial charge >= 0.3 is 0 Å². The minimum Gasteiger partial charge on any atom is -0.335 e. The number of amides is 1. The van der Waals surface area contributed by atoms with Crippen molar-refractivity contribution in [3.63, 3.8) is 0 Å². The predicted octanol–water partition coefficient (Wildman–Crippen LogP) is 3.49. The largest absolute Gasteiger partial charge is 0.335 e. The number of hydrogen-bond acceptors (Lipinski definition) is 5. The zero-order valence-corrected chi connectivity index (χ0v) is 19.6. The zero-order chi connectivity index (χ0) is 23.2. The third kappa shape index (κ3) is 4.16. The molecule has 1 aliphatic rings. The zero-order valence-electron chi connectivity index (χ0n) is 18.0. The van der Waals surface area contributed by atoms with Crippen LogP contribution in [0, 0.1) is 24.5 Å². The van der Waals surface area contributed by atoms with Crippen LogP contribution in [0.3, 0.4) is 0 Å². The second-order valence-electron chi connectivity index (χ2n) is 8.26. The Morgan fingerprint density at radius 2 is 1.84 bits per heavy atom. The lowest BCUT2D eigenvalue weighted by Crippen LogP contribution is -2.50. The van der Waals surface area contributed by atoms with Gasteiger partial charge in [0.25, 0.3) is 5.91 Å². The van der Waals surface area contributed by atoms with Gasteiger partial charge in [-0.15, -0.1) is 11.3 Å². The molecule has 0 atom stereocenters. The van der Waals surface area contributed by atoms with Crippen molar-refractivity contribution in [3.05, 3.63) is 46.5 Å². The Bertz CT molecular complexity index is 1280. The van der Waals surface area contributed by atoms with Gasteiger partial charge in [0.15, 0.2) is 0 Å². The first-order valence-corrected chi connectivity index (χ1v) is 12.5. The molecule has 0 aliphatic carbocycles. The number of carbonyl (C=O) groups is 1. The van der Waals surface area contributed by atoms with Gasteiger partial charge in [-0.05, 0) is 31.0 Å². The number of sulfonamides is 1. The molecule has 0 spiro atoms. The minimum atomic E-state index is -4.11. The number of fused-ring (bicyclic) bond motifs is 1. The molecule has 172 valence electrons. The van der Waals surface area contributed by atoms with E-state index < -0.39 is 26.6 Å². The van der Waals surface area contributed by atoms with Crippen LogP contribution in [0.5, 0.6) is 0 Å². The lowest BCUT2D eigenvalue weighted by atomic mass is 10.2. The molecule has 0 N–H and O–H groups in total. The van der Waals surface area contributed by atoms with E-state index in [0.717, 1.165) is 38.9 Å². The highest BCUT2D eigenvalue weighted by molar-refractivity contribution is 7.89. The normalized spacial score (nSPS) is 15.8. The van der Waals surface area contributed by atoms with Crippen molar-refractivity contribution in [1.82, 2.24) is 19.0 Å². The fraction of sp³-hybridized carbons (Fsp3) is 0.429. The van der Waals surface area contributed by atoms with E-state index in [2.05, 4.69) is 18.9 Å². The van der Waals surface area contributed by atoms with Gasteiger partial charge in [0, 0.05) is 44.2 Å². The summed E-state index contributed by atoms with van der Waals surface area (Å²) in [5.41, 5.74) is 0.869. The van der Waals surface area contributed by atoms with E-state index in [1.54, 1.807) is 4.90 Å². The van der Waals surface area contributed by atoms with Crippen molar-refractivity contribution < 1.29 is 22.0 Å². The third-order valence-electron chi connectivity index (χ3n) is 5.39. The first-order chi connectivity index (χ1) is 15.1. The molecule has 2 aromatic heterocycles. The van der Waals surface area contributed by atoms with Gasteiger partial charge in [0.1, 0.15) is 21.4 Å². The topological polar surface area (TPSA) is 75.5 Å². The molecule has 0 unspecified atom stereocenters. The molecule has 7 nitrogen and oxygen atoms in total. The summed E-state index contributed by atoms with van der Waals surface area (Å²) in [6.45, 7) is 7.33. The molecule has 1 aliphatic heterocycles. The average Bonchev–Trinajstić information content (AvgIpc) is 3.28. The van der Waals surface area contributed by atoms with Crippen molar-refractivity contribution in [3.8, 4) is 0 Å². The fourth-order valence-electron chi connectivity index (χ4n) is 3.80. The molecule has 0 radical (unpaired) electrons. The van der Waals surface area contributed by atoms with Crippen molar-refractivity contribution in [1.29, 1.82) is 0 Å². The molecule has 1 aromatic carbocycles. The van der Waals surface area contributed by atoms with Crippen LogP contribution in [0.1, 0.15) is 29.2 Å². The first kappa shape index (κ1) is 22.8. The number of benzene rings is 1. The molecule has 11 heteroatoms. The van der Waals surface area contributed by atoms with Crippen LogP contribution in [-0.2, 0) is 16.6 Å². The van der Waals surface area contributed by atoms with E-state index in [9.17, 15) is 22.0 Å². The Morgan fingerprint density at radius 1 is 1.16 bits per heavy atom. The lowest BCUT2D eigenvalue weighted by molar-refractivity contribution is 0.0702. The van der Waals surface area contributed by atoms with Crippen LogP contribution in [0.15, 0.2) is 29.2 Å². The molecular weight excluding hydrogens is 458 g/mol. The summed E-state index contributed by atoms with van der Waals surface area (Å²) in [6.07, 6.45) is 0. The maximum atomic E-state index is 14.0. The molecule has 4 rings (SSSR count). The van der Waals surface area contributed by atoms with Gasteiger partial charge in [-0.25, -0.2) is 17.2 Å². The summed E-state index contributed by atoms with van der Waals surface area (Å²) >= 11 is 1.39. The van der Waals surface area contributed by atoms with Gasteiger partial charge in [-0.1, -0.05) is 13.8 Å². The van der Waals surface area contributed by atoms with E-state index in [4.69, 9.17) is 0 Å². The van der Waals surface area contributed by atoms with Gasteiger partial charge in [0.2, 0.25) is 10.0 Å². The van der Waals surface area contributed by atoms with Crippen LogP contribution in [-0.4, -0.2) is 59.5 Å². The summed E-state index contributed by atoms with van der Waals surface area (Å²) in [5, 5.41) is 5.51. The highest BCUT2D eigenvalue weighted by Crippen LogP contribution is 2.30. The van der Waals surface area contributed by atoms with Crippen molar-refractivity contribution in [2.45, 2.75) is 32.2 Å². The fourth-order valence-corrected chi connectivity index (χ4v) is 6.40. The number of piperazine rings is 1. The lowest BCUT2D eigenvalue weighted by Gasteiger charge is -2.33. The van der Waals surface area contributed by atoms with E-state index >= 15 is 0 Å². The van der Waals surface area contributed by atoms with Crippen LogP contribution < -0.4 is 0 Å². The SMILES string of the molecule is Cc1nn(CC(C)C)c2sc(C(=O)N3CCN(S(=O)(=O)c4ccc(F)cc4F)CC3)cc12. The Morgan fingerprint density at radius 3 is 2.47 bits per heavy atom. The summed E-state index contributed by atoms with van der Waals surface area (Å²) < 4.78 is 55.8. The molecule has 0 saturated carbocycles. The summed E-state index contributed by atoms with van der Waals surface area (Å²) in [4.78, 5) is 15.6.